The quantitative estimate of drug-likeness (QED) is 0.885. The Morgan fingerprint density at radius 2 is 1.95 bits per heavy atom. The number of nitrogens with two attached hydrogens (primary N) is 1. The van der Waals surface area contributed by atoms with Crippen LogP contribution in [-0.2, 0) is 6.54 Å². The Kier molecular flexibility index (Phi) is 4.68. The highest BCUT2D eigenvalue weighted by Gasteiger charge is 2.15. The molecule has 2 rings (SSSR count). The van der Waals surface area contributed by atoms with Crippen molar-refractivity contribution in [1.29, 1.82) is 0 Å². The second kappa shape index (κ2) is 6.29. The molecule has 0 saturated carbocycles. The predicted molar refractivity (Wildman–Crippen MR) is 87.6 cm³/mol. The maximum absolute atomic E-state index is 9.75. The highest BCUT2D eigenvalue weighted by atomic mass is 79.9. The maximum atomic E-state index is 9.75. The van der Waals surface area contributed by atoms with Crippen molar-refractivity contribution in [2.24, 2.45) is 5.73 Å². The summed E-state index contributed by atoms with van der Waals surface area (Å²) >= 11 is 3.55. The second-order valence-electron chi connectivity index (χ2n) is 4.66. The first-order valence-corrected chi connectivity index (χ1v) is 7.42. The molecule has 0 radical (unpaired) electrons. The summed E-state index contributed by atoms with van der Waals surface area (Å²) in [7, 11) is 0. The zero-order chi connectivity index (χ0) is 14.7. The third-order valence-corrected chi connectivity index (χ3v) is 4.13. The van der Waals surface area contributed by atoms with Crippen molar-refractivity contribution in [3.05, 3.63) is 52.0 Å². The lowest BCUT2D eigenvalue weighted by atomic mass is 10.1. The summed E-state index contributed by atoms with van der Waals surface area (Å²) in [5, 5.41) is 9.75. The van der Waals surface area contributed by atoms with E-state index in [9.17, 15) is 5.11 Å². The summed E-state index contributed by atoms with van der Waals surface area (Å²) in [6.07, 6.45) is 0. The van der Waals surface area contributed by atoms with Gasteiger partial charge in [-0.2, -0.15) is 0 Å². The maximum Gasteiger partial charge on any atom is 0.117 e. The molecule has 0 bridgehead atoms. The number of hydrogen-bond donors (Lipinski definition) is 2. The van der Waals surface area contributed by atoms with E-state index >= 15 is 0 Å². The number of aromatic hydroxyl groups is 1. The van der Waals surface area contributed by atoms with Crippen molar-refractivity contribution in [2.45, 2.75) is 20.4 Å². The Bertz CT molecular complexity index is 613. The Hall–Kier alpha value is -1.52. The Labute approximate surface area is 128 Å². The highest BCUT2D eigenvalue weighted by Crippen LogP contribution is 2.35. The molecular formula is C16H19BrN2O. The normalized spacial score (nSPS) is 10.6. The smallest absolute Gasteiger partial charge is 0.117 e. The van der Waals surface area contributed by atoms with Crippen LogP contribution in [0.4, 0.5) is 11.4 Å². The fourth-order valence-electron chi connectivity index (χ4n) is 2.36. The molecule has 0 aliphatic heterocycles. The van der Waals surface area contributed by atoms with Crippen molar-refractivity contribution in [1.82, 2.24) is 0 Å². The van der Waals surface area contributed by atoms with Crippen LogP contribution in [0.2, 0.25) is 0 Å². The largest absolute Gasteiger partial charge is 0.508 e. The zero-order valence-electron chi connectivity index (χ0n) is 11.7. The molecule has 20 heavy (non-hydrogen) atoms. The monoisotopic (exact) mass is 334 g/mol. The molecule has 0 aliphatic carbocycles. The van der Waals surface area contributed by atoms with Gasteiger partial charge < -0.3 is 15.7 Å². The minimum Gasteiger partial charge on any atom is -0.508 e. The molecule has 0 atom stereocenters. The van der Waals surface area contributed by atoms with Gasteiger partial charge in [0.1, 0.15) is 5.75 Å². The van der Waals surface area contributed by atoms with Gasteiger partial charge in [0.05, 0.1) is 0 Å². The van der Waals surface area contributed by atoms with Gasteiger partial charge in [0, 0.05) is 40.6 Å². The second-order valence-corrected chi connectivity index (χ2v) is 5.51. The molecule has 3 N–H and O–H groups in total. The Morgan fingerprint density at radius 1 is 1.20 bits per heavy atom. The molecule has 2 aromatic rings. The number of aryl methyl sites for hydroxylation is 1. The van der Waals surface area contributed by atoms with Gasteiger partial charge in [0.25, 0.3) is 0 Å². The molecule has 4 heteroatoms. The van der Waals surface area contributed by atoms with Crippen LogP contribution in [0.3, 0.4) is 0 Å². The molecule has 0 saturated heterocycles. The number of nitrogens with zero attached hydrogens (tertiary/aromatic N) is 1. The number of halogens is 1. The summed E-state index contributed by atoms with van der Waals surface area (Å²) in [6.45, 7) is 5.39. The minimum absolute atomic E-state index is 0.272. The van der Waals surface area contributed by atoms with E-state index in [1.807, 2.05) is 25.1 Å². The standard InChI is InChI=1S/C16H19BrN2O/c1-3-19(16-9-12(20)8-7-11(16)2)15-6-4-5-14(17)13(15)10-18/h4-9,20H,3,10,18H2,1-2H3. The van der Waals surface area contributed by atoms with Crippen LogP contribution in [0.5, 0.6) is 5.75 Å². The van der Waals surface area contributed by atoms with Crippen LogP contribution in [-0.4, -0.2) is 11.7 Å². The van der Waals surface area contributed by atoms with E-state index in [0.717, 1.165) is 33.5 Å². The van der Waals surface area contributed by atoms with E-state index in [0.29, 0.717) is 6.54 Å². The van der Waals surface area contributed by atoms with E-state index in [-0.39, 0.29) is 5.75 Å². The molecule has 0 amide bonds. The Balaban J connectivity index is 2.58. The highest BCUT2D eigenvalue weighted by molar-refractivity contribution is 9.10. The van der Waals surface area contributed by atoms with Gasteiger partial charge in [-0.05, 0) is 37.6 Å². The van der Waals surface area contributed by atoms with Crippen molar-refractivity contribution in [3.63, 3.8) is 0 Å². The third-order valence-electron chi connectivity index (χ3n) is 3.39. The van der Waals surface area contributed by atoms with Crippen molar-refractivity contribution < 1.29 is 5.11 Å². The SMILES string of the molecule is CCN(c1cc(O)ccc1C)c1cccc(Br)c1CN. The van der Waals surface area contributed by atoms with Gasteiger partial charge in [0.15, 0.2) is 0 Å². The zero-order valence-corrected chi connectivity index (χ0v) is 13.3. The van der Waals surface area contributed by atoms with Gasteiger partial charge in [0.2, 0.25) is 0 Å². The lowest BCUT2D eigenvalue weighted by Crippen LogP contribution is -2.19. The lowest BCUT2D eigenvalue weighted by Gasteiger charge is -2.28. The fraction of sp³-hybridized carbons (Fsp3) is 0.250. The van der Waals surface area contributed by atoms with Crippen molar-refractivity contribution in [3.8, 4) is 5.75 Å². The third kappa shape index (κ3) is 2.81. The number of rotatable bonds is 4. The first-order chi connectivity index (χ1) is 9.58. The number of hydrogen-bond acceptors (Lipinski definition) is 3. The van der Waals surface area contributed by atoms with Crippen LogP contribution < -0.4 is 10.6 Å². The average Bonchev–Trinajstić information content (AvgIpc) is 2.44. The van der Waals surface area contributed by atoms with Crippen LogP contribution in [0.1, 0.15) is 18.1 Å². The molecule has 0 unspecified atom stereocenters. The first kappa shape index (κ1) is 14.9. The number of benzene rings is 2. The molecule has 3 nitrogen and oxygen atoms in total. The average molecular weight is 335 g/mol. The van der Waals surface area contributed by atoms with Crippen LogP contribution in [0.25, 0.3) is 0 Å². The fourth-order valence-corrected chi connectivity index (χ4v) is 2.88. The van der Waals surface area contributed by atoms with E-state index in [1.165, 1.54) is 0 Å². The van der Waals surface area contributed by atoms with Gasteiger partial charge >= 0.3 is 0 Å². The predicted octanol–water partition coefficient (Wildman–Crippen LogP) is 4.08. The molecule has 0 aromatic heterocycles. The van der Waals surface area contributed by atoms with Crippen LogP contribution in [0.15, 0.2) is 40.9 Å². The lowest BCUT2D eigenvalue weighted by molar-refractivity contribution is 0.475. The summed E-state index contributed by atoms with van der Waals surface area (Å²) < 4.78 is 1.01. The van der Waals surface area contributed by atoms with Crippen molar-refractivity contribution >= 4 is 27.3 Å². The molecule has 0 heterocycles. The molecule has 0 spiro atoms. The summed E-state index contributed by atoms with van der Waals surface area (Å²) in [4.78, 5) is 2.17. The topological polar surface area (TPSA) is 49.5 Å². The van der Waals surface area contributed by atoms with Gasteiger partial charge in [-0.3, -0.25) is 0 Å². The number of anilines is 2. The van der Waals surface area contributed by atoms with Gasteiger partial charge in [-0.1, -0.05) is 28.1 Å². The first-order valence-electron chi connectivity index (χ1n) is 6.63. The Morgan fingerprint density at radius 3 is 2.60 bits per heavy atom. The minimum atomic E-state index is 0.272. The molecule has 106 valence electrons. The van der Waals surface area contributed by atoms with Crippen LogP contribution >= 0.6 is 15.9 Å². The van der Waals surface area contributed by atoms with Crippen molar-refractivity contribution in [2.75, 3.05) is 11.4 Å². The number of phenols is 1. The molecule has 0 aliphatic rings. The van der Waals surface area contributed by atoms with Gasteiger partial charge in [-0.15, -0.1) is 0 Å². The van der Waals surface area contributed by atoms with E-state index in [2.05, 4.69) is 33.8 Å². The molecule has 2 aromatic carbocycles. The summed E-state index contributed by atoms with van der Waals surface area (Å²) in [6, 6.07) is 11.5. The summed E-state index contributed by atoms with van der Waals surface area (Å²) in [5.74, 6) is 0.272. The summed E-state index contributed by atoms with van der Waals surface area (Å²) in [5.41, 5.74) is 10.1. The van der Waals surface area contributed by atoms with E-state index in [4.69, 9.17) is 5.73 Å². The molecule has 0 fully saturated rings. The number of phenolic OH excluding ortho intramolecular Hbond substituents is 1. The van der Waals surface area contributed by atoms with Crippen LogP contribution in [0, 0.1) is 6.92 Å². The van der Waals surface area contributed by atoms with E-state index < -0.39 is 0 Å². The van der Waals surface area contributed by atoms with E-state index in [1.54, 1.807) is 12.1 Å². The molecular weight excluding hydrogens is 316 g/mol. The van der Waals surface area contributed by atoms with Gasteiger partial charge in [-0.25, -0.2) is 0 Å².